The Morgan fingerprint density at radius 1 is 1.08 bits per heavy atom. The number of aryl methyl sites for hydroxylation is 3. The molecule has 6 heteroatoms. The Morgan fingerprint density at radius 3 is 2.65 bits per heavy atom. The number of thioether (sulfide) groups is 1. The number of hydrogen-bond acceptors (Lipinski definition) is 5. The first-order chi connectivity index (χ1) is 12.7. The molecular formula is C20H20N4OS. The largest absolute Gasteiger partial charge is 0.293 e. The number of hydrogen-bond donors (Lipinski definition) is 0. The minimum absolute atomic E-state index is 0.113. The average Bonchev–Trinajstić information content (AvgIpc) is 3.15. The molecule has 0 amide bonds. The Bertz CT molecular complexity index is 933. The number of Topliss-reactive ketones (excluding diaryl/α,β-unsaturated/α-hetero) is 1. The first kappa shape index (κ1) is 17.0. The highest BCUT2D eigenvalue weighted by atomic mass is 32.2. The molecule has 0 saturated carbocycles. The predicted molar refractivity (Wildman–Crippen MR) is 102 cm³/mol. The summed E-state index contributed by atoms with van der Waals surface area (Å²) in [6.07, 6.45) is 4.67. The average molecular weight is 364 g/mol. The van der Waals surface area contributed by atoms with E-state index >= 15 is 0 Å². The van der Waals surface area contributed by atoms with E-state index in [9.17, 15) is 4.79 Å². The molecule has 4 rings (SSSR count). The molecule has 132 valence electrons. The number of aromatic nitrogens is 4. The van der Waals surface area contributed by atoms with Crippen LogP contribution >= 0.6 is 11.8 Å². The van der Waals surface area contributed by atoms with Crippen LogP contribution in [0.4, 0.5) is 0 Å². The van der Waals surface area contributed by atoms with Crippen LogP contribution in [0.15, 0.2) is 47.6 Å². The third-order valence-electron chi connectivity index (χ3n) is 4.72. The van der Waals surface area contributed by atoms with Crippen LogP contribution in [0.3, 0.4) is 0 Å². The normalized spacial score (nSPS) is 13.4. The summed E-state index contributed by atoms with van der Waals surface area (Å²) >= 11 is 1.37. The van der Waals surface area contributed by atoms with E-state index < -0.39 is 0 Å². The van der Waals surface area contributed by atoms with Crippen molar-refractivity contribution in [2.45, 2.75) is 37.8 Å². The lowest BCUT2D eigenvalue weighted by atomic mass is 9.90. The van der Waals surface area contributed by atoms with Gasteiger partial charge in [-0.1, -0.05) is 41.6 Å². The SMILES string of the molecule is Cc1ccc(-n2nnnc2SCC(=O)c2ccc3c(c2)CCCC3)cc1. The fourth-order valence-electron chi connectivity index (χ4n) is 3.24. The van der Waals surface area contributed by atoms with E-state index in [1.54, 1.807) is 4.68 Å². The van der Waals surface area contributed by atoms with Crippen molar-refractivity contribution in [3.63, 3.8) is 0 Å². The zero-order valence-corrected chi connectivity index (χ0v) is 15.5. The Labute approximate surface area is 156 Å². The molecule has 0 fully saturated rings. The molecule has 0 atom stereocenters. The molecule has 26 heavy (non-hydrogen) atoms. The molecule has 1 aliphatic carbocycles. The van der Waals surface area contributed by atoms with Gasteiger partial charge in [0, 0.05) is 5.56 Å². The highest BCUT2D eigenvalue weighted by Gasteiger charge is 2.15. The maximum Gasteiger partial charge on any atom is 0.214 e. The van der Waals surface area contributed by atoms with E-state index in [1.807, 2.05) is 37.3 Å². The third kappa shape index (κ3) is 3.55. The van der Waals surface area contributed by atoms with Gasteiger partial charge in [0.25, 0.3) is 0 Å². The highest BCUT2D eigenvalue weighted by Crippen LogP contribution is 2.24. The third-order valence-corrected chi connectivity index (χ3v) is 5.64. The van der Waals surface area contributed by atoms with E-state index in [1.165, 1.54) is 41.3 Å². The van der Waals surface area contributed by atoms with Gasteiger partial charge in [0.1, 0.15) is 0 Å². The standard InChI is InChI=1S/C20H20N4OS/c1-14-6-10-18(11-7-14)24-20(21-22-23-24)26-13-19(25)17-9-8-15-4-2-3-5-16(15)12-17/h6-12H,2-5,13H2,1H3. The van der Waals surface area contributed by atoms with Crippen molar-refractivity contribution < 1.29 is 4.79 Å². The van der Waals surface area contributed by atoms with Crippen LogP contribution in [0, 0.1) is 6.92 Å². The van der Waals surface area contributed by atoms with Crippen molar-refractivity contribution >= 4 is 17.5 Å². The fourth-order valence-corrected chi connectivity index (χ4v) is 4.02. The predicted octanol–water partition coefficient (Wildman–Crippen LogP) is 3.82. The molecule has 1 aliphatic rings. The quantitative estimate of drug-likeness (QED) is 0.509. The lowest BCUT2D eigenvalue weighted by molar-refractivity contribution is 0.102. The molecule has 5 nitrogen and oxygen atoms in total. The monoisotopic (exact) mass is 364 g/mol. The van der Waals surface area contributed by atoms with E-state index in [0.717, 1.165) is 24.1 Å². The van der Waals surface area contributed by atoms with E-state index in [-0.39, 0.29) is 5.78 Å². The number of fused-ring (bicyclic) bond motifs is 1. The molecule has 0 spiro atoms. The summed E-state index contributed by atoms with van der Waals surface area (Å²) in [5, 5.41) is 12.5. The summed E-state index contributed by atoms with van der Waals surface area (Å²) in [4.78, 5) is 12.6. The second-order valence-electron chi connectivity index (χ2n) is 6.61. The number of nitrogens with zero attached hydrogens (tertiary/aromatic N) is 4. The molecular weight excluding hydrogens is 344 g/mol. The maximum atomic E-state index is 12.6. The van der Waals surface area contributed by atoms with Gasteiger partial charge in [-0.3, -0.25) is 4.79 Å². The molecule has 0 bridgehead atoms. The minimum Gasteiger partial charge on any atom is -0.293 e. The van der Waals surface area contributed by atoms with E-state index in [0.29, 0.717) is 10.9 Å². The molecule has 0 N–H and O–H groups in total. The minimum atomic E-state index is 0.113. The number of carbonyl (C=O) groups excluding carboxylic acids is 1. The highest BCUT2D eigenvalue weighted by molar-refractivity contribution is 7.99. The van der Waals surface area contributed by atoms with Gasteiger partial charge in [0.15, 0.2) is 5.78 Å². The van der Waals surface area contributed by atoms with Crippen molar-refractivity contribution in [3.05, 3.63) is 64.7 Å². The van der Waals surface area contributed by atoms with Crippen molar-refractivity contribution in [3.8, 4) is 5.69 Å². The summed E-state index contributed by atoms with van der Waals surface area (Å²) in [6.45, 7) is 2.04. The first-order valence-electron chi connectivity index (χ1n) is 8.84. The van der Waals surface area contributed by atoms with Crippen molar-refractivity contribution in [1.82, 2.24) is 20.2 Å². The number of carbonyl (C=O) groups is 1. The van der Waals surface area contributed by atoms with Crippen LogP contribution in [-0.2, 0) is 12.8 Å². The van der Waals surface area contributed by atoms with Crippen LogP contribution in [-0.4, -0.2) is 31.7 Å². The summed E-state index contributed by atoms with van der Waals surface area (Å²) < 4.78 is 1.67. The van der Waals surface area contributed by atoms with Gasteiger partial charge in [-0.15, -0.1) is 5.10 Å². The molecule has 0 saturated heterocycles. The molecule has 1 aromatic heterocycles. The molecule has 1 heterocycles. The summed E-state index contributed by atoms with van der Waals surface area (Å²) in [5.74, 6) is 0.437. The number of rotatable bonds is 5. The smallest absolute Gasteiger partial charge is 0.214 e. The van der Waals surface area contributed by atoms with Gasteiger partial charge in [0.05, 0.1) is 11.4 Å². The van der Waals surface area contributed by atoms with Gasteiger partial charge in [-0.05, 0) is 72.4 Å². The van der Waals surface area contributed by atoms with Crippen molar-refractivity contribution in [2.24, 2.45) is 0 Å². The lowest BCUT2D eigenvalue weighted by Crippen LogP contribution is -2.08. The van der Waals surface area contributed by atoms with Crippen LogP contribution < -0.4 is 0 Å². The van der Waals surface area contributed by atoms with Gasteiger partial charge in [0.2, 0.25) is 5.16 Å². The summed E-state index contributed by atoms with van der Waals surface area (Å²) in [6, 6.07) is 14.1. The Morgan fingerprint density at radius 2 is 1.85 bits per heavy atom. The molecule has 0 radical (unpaired) electrons. The molecule has 2 aromatic carbocycles. The van der Waals surface area contributed by atoms with E-state index in [4.69, 9.17) is 0 Å². The summed E-state index contributed by atoms with van der Waals surface area (Å²) in [5.41, 5.74) is 5.58. The molecule has 3 aromatic rings. The van der Waals surface area contributed by atoms with Crippen molar-refractivity contribution in [1.29, 1.82) is 0 Å². The summed E-state index contributed by atoms with van der Waals surface area (Å²) in [7, 11) is 0. The second-order valence-corrected chi connectivity index (χ2v) is 7.55. The number of ketones is 1. The van der Waals surface area contributed by atoms with Gasteiger partial charge in [-0.2, -0.15) is 4.68 Å². The number of benzene rings is 2. The van der Waals surface area contributed by atoms with Crippen LogP contribution in [0.2, 0.25) is 0 Å². The lowest BCUT2D eigenvalue weighted by Gasteiger charge is -2.16. The zero-order chi connectivity index (χ0) is 17.9. The van der Waals surface area contributed by atoms with Crippen LogP contribution in [0.25, 0.3) is 5.69 Å². The second kappa shape index (κ2) is 7.41. The van der Waals surface area contributed by atoms with Gasteiger partial charge >= 0.3 is 0 Å². The van der Waals surface area contributed by atoms with Crippen molar-refractivity contribution in [2.75, 3.05) is 5.75 Å². The Hall–Kier alpha value is -2.47. The Kier molecular flexibility index (Phi) is 4.84. The topological polar surface area (TPSA) is 60.7 Å². The Balaban J connectivity index is 1.47. The van der Waals surface area contributed by atoms with Gasteiger partial charge in [-0.25, -0.2) is 0 Å². The van der Waals surface area contributed by atoms with Gasteiger partial charge < -0.3 is 0 Å². The fraction of sp³-hybridized carbons (Fsp3) is 0.300. The zero-order valence-electron chi connectivity index (χ0n) is 14.7. The first-order valence-corrected chi connectivity index (χ1v) is 9.82. The van der Waals surface area contributed by atoms with Crippen LogP contribution in [0.5, 0.6) is 0 Å². The number of tetrazole rings is 1. The van der Waals surface area contributed by atoms with E-state index in [2.05, 4.69) is 27.7 Å². The molecule has 0 unspecified atom stereocenters. The molecule has 0 aliphatic heterocycles. The maximum absolute atomic E-state index is 12.6. The van der Waals surface area contributed by atoms with Crippen LogP contribution in [0.1, 0.15) is 39.9 Å².